The summed E-state index contributed by atoms with van der Waals surface area (Å²) in [5.74, 6) is 0.00994. The van der Waals surface area contributed by atoms with Gasteiger partial charge in [-0.3, -0.25) is 0 Å². The van der Waals surface area contributed by atoms with Crippen LogP contribution >= 0.6 is 11.6 Å². The summed E-state index contributed by atoms with van der Waals surface area (Å²) >= 11 is 5.78. The van der Waals surface area contributed by atoms with Crippen LogP contribution in [0.2, 0.25) is 5.02 Å². The van der Waals surface area contributed by atoms with Gasteiger partial charge >= 0.3 is 175 Å². The topological polar surface area (TPSA) is 33.2 Å². The minimum absolute atomic E-state index is 0.00994. The average Bonchev–Trinajstić information content (AvgIpc) is 3.20. The van der Waals surface area contributed by atoms with Crippen molar-refractivity contribution in [2.75, 3.05) is 11.9 Å². The van der Waals surface area contributed by atoms with Crippen molar-refractivity contribution in [3.05, 3.63) is 100.0 Å². The van der Waals surface area contributed by atoms with E-state index >= 15 is 0 Å². The van der Waals surface area contributed by atoms with Gasteiger partial charge in [0.1, 0.15) is 0 Å². The van der Waals surface area contributed by atoms with E-state index < -0.39 is 0 Å². The first-order valence-corrected chi connectivity index (χ1v) is 10.9. The number of halogens is 1. The van der Waals surface area contributed by atoms with Crippen molar-refractivity contribution in [2.24, 2.45) is 0 Å². The first-order valence-electron chi connectivity index (χ1n) is 8.79. The molecule has 3 nitrogen and oxygen atoms in total. The van der Waals surface area contributed by atoms with Gasteiger partial charge in [-0.15, -0.1) is 0 Å². The summed E-state index contributed by atoms with van der Waals surface area (Å²) in [5.41, 5.74) is 3.40. The van der Waals surface area contributed by atoms with E-state index in [4.69, 9.17) is 16.6 Å². The quantitative estimate of drug-likeness (QED) is 0.298. The first kappa shape index (κ1) is 18.7. The summed E-state index contributed by atoms with van der Waals surface area (Å²) in [5, 5.41) is 0.617. The molecule has 4 rings (SSSR count). The van der Waals surface area contributed by atoms with Gasteiger partial charge in [0.15, 0.2) is 0 Å². The van der Waals surface area contributed by atoms with Gasteiger partial charge < -0.3 is 0 Å². The van der Waals surface area contributed by atoms with Crippen LogP contribution in [0.3, 0.4) is 0 Å². The fourth-order valence-corrected chi connectivity index (χ4v) is 5.18. The van der Waals surface area contributed by atoms with Crippen molar-refractivity contribution in [3.63, 3.8) is 0 Å². The second-order valence-corrected chi connectivity index (χ2v) is 8.76. The molecule has 0 aliphatic carbocycles. The molecule has 138 valence electrons. The number of aromatic nitrogens is 1. The summed E-state index contributed by atoms with van der Waals surface area (Å²) in [6, 6.07) is 27.0. The van der Waals surface area contributed by atoms with Crippen LogP contribution in [0.4, 0.5) is 10.4 Å². The summed E-state index contributed by atoms with van der Waals surface area (Å²) in [7, 11) is 1.99. The number of nitrogens with zero attached hydrogens (tertiary/aromatic N) is 2. The summed E-state index contributed by atoms with van der Waals surface area (Å²) < 4.78 is 1.67. The molecule has 0 spiro atoms. The maximum atomic E-state index is 13.3. The molecule has 3 aromatic carbocycles. The van der Waals surface area contributed by atoms with Crippen LogP contribution in [0.25, 0.3) is 11.3 Å². The molecule has 0 amide bonds. The van der Waals surface area contributed by atoms with Gasteiger partial charge in [0, 0.05) is 0 Å². The molecule has 0 radical (unpaired) electrons. The number of hydrogen-bond acceptors (Lipinski definition) is 3. The first-order chi connectivity index (χ1) is 13.6. The molecule has 0 aliphatic rings. The van der Waals surface area contributed by atoms with Gasteiger partial charge in [0.2, 0.25) is 0 Å². The molecule has 5 heteroatoms. The fraction of sp³-hybridized carbons (Fsp3) is 0.0435. The third-order valence-electron chi connectivity index (χ3n) is 4.41. The predicted molar refractivity (Wildman–Crippen MR) is 116 cm³/mol. The van der Waals surface area contributed by atoms with Crippen molar-refractivity contribution in [1.82, 2.24) is 4.98 Å². The second-order valence-electron chi connectivity index (χ2n) is 6.27. The molecule has 0 saturated heterocycles. The monoisotopic (exact) mass is 452 g/mol. The zero-order valence-corrected chi connectivity index (χ0v) is 17.6. The summed E-state index contributed by atoms with van der Waals surface area (Å²) in [6.07, 6.45) is 0. The van der Waals surface area contributed by atoms with Gasteiger partial charge in [0.25, 0.3) is 0 Å². The van der Waals surface area contributed by atoms with Crippen molar-refractivity contribution in [2.45, 2.75) is 0 Å². The van der Waals surface area contributed by atoms with Crippen LogP contribution in [0.15, 0.2) is 84.9 Å². The fourth-order valence-electron chi connectivity index (χ4n) is 2.89. The number of benzene rings is 3. The van der Waals surface area contributed by atoms with Gasteiger partial charge in [-0.25, -0.2) is 0 Å². The number of carbonyl (C=O) groups excluding carboxylic acids is 1. The Morgan fingerprint density at radius 2 is 1.50 bits per heavy atom. The Bertz CT molecular complexity index is 1090. The van der Waals surface area contributed by atoms with E-state index in [0.717, 1.165) is 26.1 Å². The predicted octanol–water partition coefficient (Wildman–Crippen LogP) is 5.46. The summed E-state index contributed by atoms with van der Waals surface area (Å²) in [4.78, 5) is 20.2. The van der Waals surface area contributed by atoms with Gasteiger partial charge in [-0.2, -0.15) is 0 Å². The van der Waals surface area contributed by atoms with Crippen molar-refractivity contribution < 1.29 is 4.79 Å². The molecular formula is C23H17ClN2OSe. The van der Waals surface area contributed by atoms with E-state index in [1.54, 1.807) is 24.3 Å². The van der Waals surface area contributed by atoms with Crippen LogP contribution < -0.4 is 4.90 Å². The molecule has 0 aliphatic heterocycles. The SMILES string of the molecule is CN(c1ccccc1)c1nc(-c2ccccc2)c(C(=O)c2ccc(Cl)cc2)[se]1. The van der Waals surface area contributed by atoms with E-state index in [2.05, 4.69) is 4.90 Å². The zero-order valence-electron chi connectivity index (χ0n) is 15.2. The molecule has 4 aromatic rings. The van der Waals surface area contributed by atoms with E-state index in [-0.39, 0.29) is 20.3 Å². The Hall–Kier alpha value is -2.65. The van der Waals surface area contributed by atoms with Crippen molar-refractivity contribution >= 4 is 42.3 Å². The van der Waals surface area contributed by atoms with Crippen LogP contribution in [0.1, 0.15) is 14.8 Å². The van der Waals surface area contributed by atoms with E-state index in [1.807, 2.05) is 67.7 Å². The molecular weight excluding hydrogens is 435 g/mol. The Morgan fingerprint density at radius 1 is 0.893 bits per heavy atom. The second kappa shape index (κ2) is 8.15. The van der Waals surface area contributed by atoms with E-state index in [1.165, 1.54) is 0 Å². The average molecular weight is 452 g/mol. The van der Waals surface area contributed by atoms with E-state index in [0.29, 0.717) is 10.6 Å². The number of carbonyl (C=O) groups is 1. The third-order valence-corrected chi connectivity index (χ3v) is 7.03. The molecule has 0 unspecified atom stereocenters. The Balaban J connectivity index is 1.81. The van der Waals surface area contributed by atoms with Crippen LogP contribution in [-0.2, 0) is 0 Å². The van der Waals surface area contributed by atoms with E-state index in [9.17, 15) is 4.79 Å². The zero-order chi connectivity index (χ0) is 19.5. The van der Waals surface area contributed by atoms with Gasteiger partial charge in [-0.05, 0) is 0 Å². The number of anilines is 2. The number of para-hydroxylation sites is 1. The molecule has 0 N–H and O–H groups in total. The Morgan fingerprint density at radius 3 is 2.14 bits per heavy atom. The van der Waals surface area contributed by atoms with Gasteiger partial charge in [0.05, 0.1) is 0 Å². The Labute approximate surface area is 175 Å². The van der Waals surface area contributed by atoms with Gasteiger partial charge in [-0.1, -0.05) is 0 Å². The molecule has 0 bridgehead atoms. The molecule has 0 saturated carbocycles. The molecule has 1 aromatic heterocycles. The number of ketones is 1. The Kier molecular flexibility index (Phi) is 5.45. The molecule has 0 atom stereocenters. The van der Waals surface area contributed by atoms with Crippen LogP contribution in [-0.4, -0.2) is 32.3 Å². The normalized spacial score (nSPS) is 10.6. The minimum atomic E-state index is -0.202. The molecule has 28 heavy (non-hydrogen) atoms. The molecule has 1 heterocycles. The molecule has 0 fully saturated rings. The van der Waals surface area contributed by atoms with Crippen LogP contribution in [0, 0.1) is 0 Å². The maximum absolute atomic E-state index is 13.3. The number of rotatable bonds is 5. The van der Waals surface area contributed by atoms with Crippen molar-refractivity contribution in [3.8, 4) is 11.3 Å². The van der Waals surface area contributed by atoms with Crippen molar-refractivity contribution in [1.29, 1.82) is 0 Å². The van der Waals surface area contributed by atoms with Crippen LogP contribution in [0.5, 0.6) is 0 Å². The number of hydrogen-bond donors (Lipinski definition) is 0. The summed E-state index contributed by atoms with van der Waals surface area (Å²) in [6.45, 7) is 0. The third kappa shape index (κ3) is 3.81. The standard InChI is InChI=1S/C23H17ClN2OSe/c1-26(19-10-6-3-7-11-19)23-25-20(16-8-4-2-5-9-16)22(28-23)21(27)17-12-14-18(24)15-13-17/h2-15H,1H3.